The van der Waals surface area contributed by atoms with Crippen LogP contribution in [0.3, 0.4) is 0 Å². The van der Waals surface area contributed by atoms with Gasteiger partial charge in [-0.2, -0.15) is 12.6 Å². The van der Waals surface area contributed by atoms with Gasteiger partial charge in [-0.3, -0.25) is 0 Å². The van der Waals surface area contributed by atoms with Crippen LogP contribution in [0.1, 0.15) is 103 Å². The molecule has 1 heterocycles. The highest BCUT2D eigenvalue weighted by Gasteiger charge is 2.25. The maximum absolute atomic E-state index is 4.90. The summed E-state index contributed by atoms with van der Waals surface area (Å²) in [6, 6.07) is 0. The summed E-state index contributed by atoms with van der Waals surface area (Å²) in [5.74, 6) is 0. The highest BCUT2D eigenvalue weighted by atomic mass is 32.1. The second-order valence-corrected chi connectivity index (χ2v) is 7.56. The van der Waals surface area contributed by atoms with Crippen LogP contribution in [0.5, 0.6) is 0 Å². The van der Waals surface area contributed by atoms with Gasteiger partial charge < -0.3 is 5.32 Å². The molecule has 1 unspecified atom stereocenters. The SMILES string of the molecule is CCCCCCCCCCCCC1(S)CCCCCN1. The second-order valence-electron chi connectivity index (χ2n) is 6.70. The third kappa shape index (κ3) is 9.28. The molecule has 1 nitrogen and oxygen atoms in total. The first-order valence-corrected chi connectivity index (χ1v) is 9.69. The molecule has 2 heteroatoms. The molecule has 1 saturated heterocycles. The third-order valence-electron chi connectivity index (χ3n) is 4.67. The summed E-state index contributed by atoms with van der Waals surface area (Å²) in [6.07, 6.45) is 20.8. The van der Waals surface area contributed by atoms with Gasteiger partial charge in [0.1, 0.15) is 0 Å². The normalized spacial score (nSPS) is 23.7. The summed E-state index contributed by atoms with van der Waals surface area (Å²) in [5, 5.41) is 3.65. The number of unbranched alkanes of at least 4 members (excludes halogenated alkanes) is 9. The minimum absolute atomic E-state index is 0.149. The highest BCUT2D eigenvalue weighted by molar-refractivity contribution is 7.81. The molecule has 1 aliphatic heterocycles. The summed E-state index contributed by atoms with van der Waals surface area (Å²) < 4.78 is 0. The van der Waals surface area contributed by atoms with E-state index >= 15 is 0 Å². The molecular weight excluding hydrogens is 262 g/mol. The van der Waals surface area contributed by atoms with Crippen LogP contribution >= 0.6 is 12.6 Å². The van der Waals surface area contributed by atoms with Gasteiger partial charge in [0.25, 0.3) is 0 Å². The average Bonchev–Trinajstić information content (AvgIpc) is 2.66. The molecule has 0 amide bonds. The number of hydrogen-bond donors (Lipinski definition) is 2. The predicted octanol–water partition coefficient (Wildman–Crippen LogP) is 6.09. The standard InChI is InChI=1S/C18H37NS/c1-2-3-4-5-6-7-8-9-10-12-15-18(20)16-13-11-14-17-19-18/h19-20H,2-17H2,1H3. The van der Waals surface area contributed by atoms with E-state index in [2.05, 4.69) is 12.2 Å². The van der Waals surface area contributed by atoms with Gasteiger partial charge in [-0.25, -0.2) is 0 Å². The van der Waals surface area contributed by atoms with Gasteiger partial charge in [-0.15, -0.1) is 0 Å². The van der Waals surface area contributed by atoms with E-state index in [1.807, 2.05) is 0 Å². The molecule has 1 rings (SSSR count). The van der Waals surface area contributed by atoms with Gasteiger partial charge in [-0.05, 0) is 25.8 Å². The smallest absolute Gasteiger partial charge is 0.0615 e. The van der Waals surface area contributed by atoms with E-state index in [4.69, 9.17) is 12.6 Å². The number of nitrogens with one attached hydrogen (secondary N) is 1. The fourth-order valence-electron chi connectivity index (χ4n) is 3.25. The molecule has 1 atom stereocenters. The minimum atomic E-state index is 0.149. The monoisotopic (exact) mass is 299 g/mol. The predicted molar refractivity (Wildman–Crippen MR) is 94.6 cm³/mol. The van der Waals surface area contributed by atoms with Gasteiger partial charge in [0.05, 0.1) is 4.87 Å². The Morgan fingerprint density at radius 2 is 1.40 bits per heavy atom. The molecule has 1 fully saturated rings. The number of hydrogen-bond acceptors (Lipinski definition) is 2. The molecule has 1 N–H and O–H groups in total. The quantitative estimate of drug-likeness (QED) is 0.347. The zero-order chi connectivity index (χ0) is 14.5. The Labute approximate surface area is 133 Å². The van der Waals surface area contributed by atoms with Crippen molar-refractivity contribution in [2.75, 3.05) is 6.54 Å². The van der Waals surface area contributed by atoms with E-state index in [9.17, 15) is 0 Å². The molecule has 0 aromatic heterocycles. The van der Waals surface area contributed by atoms with Crippen molar-refractivity contribution in [3.05, 3.63) is 0 Å². The molecule has 0 aromatic rings. The Hall–Kier alpha value is 0.310. The zero-order valence-corrected chi connectivity index (χ0v) is 14.7. The van der Waals surface area contributed by atoms with Crippen molar-refractivity contribution in [1.82, 2.24) is 5.32 Å². The Bertz CT molecular complexity index is 209. The largest absolute Gasteiger partial charge is 0.303 e. The first-order chi connectivity index (χ1) is 9.77. The van der Waals surface area contributed by atoms with Crippen molar-refractivity contribution in [2.45, 2.75) is 108 Å². The van der Waals surface area contributed by atoms with Gasteiger partial charge in [-0.1, -0.05) is 84.0 Å². The molecule has 1 aliphatic rings. The maximum Gasteiger partial charge on any atom is 0.0615 e. The van der Waals surface area contributed by atoms with Crippen LogP contribution < -0.4 is 5.32 Å². The number of thiol groups is 1. The summed E-state index contributed by atoms with van der Waals surface area (Å²) in [7, 11) is 0. The van der Waals surface area contributed by atoms with E-state index in [1.54, 1.807) is 0 Å². The Balaban J connectivity index is 1.88. The van der Waals surface area contributed by atoms with Gasteiger partial charge in [0, 0.05) is 0 Å². The lowest BCUT2D eigenvalue weighted by Gasteiger charge is -2.28. The summed E-state index contributed by atoms with van der Waals surface area (Å²) >= 11 is 4.90. The van der Waals surface area contributed by atoms with Crippen molar-refractivity contribution in [1.29, 1.82) is 0 Å². The van der Waals surface area contributed by atoms with Crippen LogP contribution in [0.15, 0.2) is 0 Å². The van der Waals surface area contributed by atoms with Crippen molar-refractivity contribution < 1.29 is 0 Å². The molecule has 0 saturated carbocycles. The van der Waals surface area contributed by atoms with Crippen molar-refractivity contribution in [3.63, 3.8) is 0 Å². The van der Waals surface area contributed by atoms with Crippen LogP contribution in [0.2, 0.25) is 0 Å². The lowest BCUT2D eigenvalue weighted by Crippen LogP contribution is -2.39. The Kier molecular flexibility index (Phi) is 10.9. The zero-order valence-electron chi connectivity index (χ0n) is 13.8. The highest BCUT2D eigenvalue weighted by Crippen LogP contribution is 2.28. The lowest BCUT2D eigenvalue weighted by molar-refractivity contribution is 0.411. The van der Waals surface area contributed by atoms with E-state index in [0.717, 1.165) is 0 Å². The molecule has 0 bridgehead atoms. The van der Waals surface area contributed by atoms with E-state index in [-0.39, 0.29) is 4.87 Å². The van der Waals surface area contributed by atoms with Crippen LogP contribution in [0.4, 0.5) is 0 Å². The van der Waals surface area contributed by atoms with Crippen molar-refractivity contribution >= 4 is 12.6 Å². The molecule has 0 aliphatic carbocycles. The van der Waals surface area contributed by atoms with Gasteiger partial charge in [0.15, 0.2) is 0 Å². The van der Waals surface area contributed by atoms with E-state index < -0.39 is 0 Å². The Morgan fingerprint density at radius 1 is 0.800 bits per heavy atom. The van der Waals surface area contributed by atoms with Crippen LogP contribution in [-0.2, 0) is 0 Å². The molecule has 20 heavy (non-hydrogen) atoms. The summed E-state index contributed by atoms with van der Waals surface area (Å²) in [6.45, 7) is 3.46. The topological polar surface area (TPSA) is 12.0 Å². The average molecular weight is 300 g/mol. The maximum atomic E-state index is 4.90. The van der Waals surface area contributed by atoms with Gasteiger partial charge >= 0.3 is 0 Å². The Morgan fingerprint density at radius 3 is 2.05 bits per heavy atom. The van der Waals surface area contributed by atoms with Crippen molar-refractivity contribution in [3.8, 4) is 0 Å². The van der Waals surface area contributed by atoms with E-state index in [0.29, 0.717) is 0 Å². The molecule has 0 radical (unpaired) electrons. The fraction of sp³-hybridized carbons (Fsp3) is 1.00. The van der Waals surface area contributed by atoms with E-state index in [1.165, 1.54) is 103 Å². The lowest BCUT2D eigenvalue weighted by atomic mass is 10.0. The summed E-state index contributed by atoms with van der Waals surface area (Å²) in [5.41, 5.74) is 0. The first-order valence-electron chi connectivity index (χ1n) is 9.24. The van der Waals surface area contributed by atoms with Crippen LogP contribution in [0.25, 0.3) is 0 Å². The second kappa shape index (κ2) is 11.9. The minimum Gasteiger partial charge on any atom is -0.303 e. The van der Waals surface area contributed by atoms with Crippen LogP contribution in [0, 0.1) is 0 Å². The fourth-order valence-corrected chi connectivity index (χ4v) is 3.67. The van der Waals surface area contributed by atoms with Crippen molar-refractivity contribution in [2.24, 2.45) is 0 Å². The molecular formula is C18H37NS. The molecule has 0 spiro atoms. The van der Waals surface area contributed by atoms with Gasteiger partial charge in [0.2, 0.25) is 0 Å². The van der Waals surface area contributed by atoms with Crippen LogP contribution in [-0.4, -0.2) is 11.4 Å². The molecule has 120 valence electrons. The third-order valence-corrected chi connectivity index (χ3v) is 5.27. The first kappa shape index (κ1) is 18.4. The number of rotatable bonds is 11. The molecule has 0 aromatic carbocycles. The summed E-state index contributed by atoms with van der Waals surface area (Å²) in [4.78, 5) is 0.149.